The molecule has 1 aliphatic heterocycles. The van der Waals surface area contributed by atoms with Crippen molar-refractivity contribution in [1.29, 1.82) is 0 Å². The minimum absolute atomic E-state index is 0.00389. The topological polar surface area (TPSA) is 67.4 Å². The average Bonchev–Trinajstić information content (AvgIpc) is 2.41. The largest absolute Gasteiger partial charge is 0.493 e. The van der Waals surface area contributed by atoms with Gasteiger partial charge in [0.2, 0.25) is 0 Å². The Labute approximate surface area is 128 Å². The van der Waals surface area contributed by atoms with Crippen LogP contribution >= 0.6 is 12.2 Å². The third kappa shape index (κ3) is 3.88. The maximum absolute atomic E-state index is 11.8. The van der Waals surface area contributed by atoms with Crippen LogP contribution < -0.4 is 15.4 Å². The monoisotopic (exact) mass is 304 g/mol. The molecular weight excluding hydrogens is 288 g/mol. The molecule has 0 unspecified atom stereocenters. The molecule has 21 heavy (non-hydrogen) atoms. The summed E-state index contributed by atoms with van der Waals surface area (Å²) in [6.45, 7) is 4.65. The van der Waals surface area contributed by atoms with E-state index in [9.17, 15) is 9.59 Å². The lowest BCUT2D eigenvalue weighted by Gasteiger charge is -2.17. The number of benzene rings is 1. The van der Waals surface area contributed by atoms with E-state index < -0.39 is 11.8 Å². The zero-order valence-electron chi connectivity index (χ0n) is 11.8. The molecule has 1 aromatic carbocycles. The first-order valence-electron chi connectivity index (χ1n) is 6.57. The number of nitrogens with one attached hydrogen (secondary N) is 2. The third-order valence-corrected chi connectivity index (χ3v) is 2.94. The van der Waals surface area contributed by atoms with Crippen LogP contribution in [0.4, 0.5) is 0 Å². The zero-order valence-corrected chi connectivity index (χ0v) is 12.6. The molecule has 0 aliphatic carbocycles. The molecule has 5 nitrogen and oxygen atoms in total. The molecule has 0 bridgehead atoms. The van der Waals surface area contributed by atoms with Crippen LogP contribution in [0, 0.1) is 5.92 Å². The molecule has 2 amide bonds. The standard InChI is InChI=1S/C15H16N2O3S/c1-9(2)8-20-12-6-4-3-5-10(12)7-11-13(18)16-15(21)17-14(11)19/h3-7,9H,8H2,1-2H3,(H2,16,17,18,19,21). The Balaban J connectivity index is 2.29. The second kappa shape index (κ2) is 6.49. The lowest BCUT2D eigenvalue weighted by atomic mass is 10.1. The van der Waals surface area contributed by atoms with E-state index in [1.807, 2.05) is 26.0 Å². The quantitative estimate of drug-likeness (QED) is 0.504. The van der Waals surface area contributed by atoms with E-state index in [2.05, 4.69) is 10.6 Å². The van der Waals surface area contributed by atoms with Gasteiger partial charge in [0.25, 0.3) is 11.8 Å². The Kier molecular flexibility index (Phi) is 4.70. The number of ether oxygens (including phenoxy) is 1. The van der Waals surface area contributed by atoms with Crippen LogP contribution in [0.1, 0.15) is 19.4 Å². The van der Waals surface area contributed by atoms with E-state index in [1.54, 1.807) is 12.1 Å². The van der Waals surface area contributed by atoms with Gasteiger partial charge in [-0.3, -0.25) is 20.2 Å². The molecule has 0 aromatic heterocycles. The molecule has 1 aliphatic rings. The van der Waals surface area contributed by atoms with E-state index in [4.69, 9.17) is 17.0 Å². The highest BCUT2D eigenvalue weighted by molar-refractivity contribution is 7.80. The first-order chi connectivity index (χ1) is 9.97. The van der Waals surface area contributed by atoms with Crippen LogP contribution in [-0.4, -0.2) is 23.5 Å². The first kappa shape index (κ1) is 15.2. The maximum Gasteiger partial charge on any atom is 0.263 e. The third-order valence-electron chi connectivity index (χ3n) is 2.73. The van der Waals surface area contributed by atoms with Crippen molar-refractivity contribution in [2.24, 2.45) is 5.92 Å². The fourth-order valence-electron chi connectivity index (χ4n) is 1.75. The molecule has 0 radical (unpaired) electrons. The van der Waals surface area contributed by atoms with E-state index >= 15 is 0 Å². The van der Waals surface area contributed by atoms with E-state index in [0.29, 0.717) is 23.8 Å². The van der Waals surface area contributed by atoms with Crippen molar-refractivity contribution in [2.75, 3.05) is 6.61 Å². The van der Waals surface area contributed by atoms with Crippen molar-refractivity contribution in [3.63, 3.8) is 0 Å². The highest BCUT2D eigenvalue weighted by atomic mass is 32.1. The number of amides is 2. The van der Waals surface area contributed by atoms with Gasteiger partial charge in [0.15, 0.2) is 5.11 Å². The highest BCUT2D eigenvalue weighted by Gasteiger charge is 2.25. The van der Waals surface area contributed by atoms with E-state index in [0.717, 1.165) is 0 Å². The summed E-state index contributed by atoms with van der Waals surface area (Å²) in [4.78, 5) is 23.7. The van der Waals surface area contributed by atoms with Crippen LogP contribution in [0.3, 0.4) is 0 Å². The second-order valence-electron chi connectivity index (χ2n) is 5.04. The number of carbonyl (C=O) groups is 2. The fourth-order valence-corrected chi connectivity index (χ4v) is 1.93. The summed E-state index contributed by atoms with van der Waals surface area (Å²) in [5.41, 5.74) is 0.676. The summed E-state index contributed by atoms with van der Waals surface area (Å²) in [5.74, 6) is -0.0124. The van der Waals surface area contributed by atoms with Gasteiger partial charge in [-0.15, -0.1) is 0 Å². The molecule has 0 saturated carbocycles. The zero-order chi connectivity index (χ0) is 15.4. The summed E-state index contributed by atoms with van der Waals surface area (Å²) in [7, 11) is 0. The normalized spacial score (nSPS) is 14.8. The van der Waals surface area contributed by atoms with Gasteiger partial charge in [0, 0.05) is 5.56 Å². The molecule has 1 aromatic rings. The molecule has 0 spiro atoms. The molecule has 1 heterocycles. The van der Waals surface area contributed by atoms with Crippen molar-refractivity contribution in [2.45, 2.75) is 13.8 Å². The lowest BCUT2D eigenvalue weighted by molar-refractivity contribution is -0.123. The molecular formula is C15H16N2O3S. The van der Waals surface area contributed by atoms with Crippen molar-refractivity contribution >= 4 is 35.2 Å². The summed E-state index contributed by atoms with van der Waals surface area (Å²) in [6.07, 6.45) is 1.50. The summed E-state index contributed by atoms with van der Waals surface area (Å²) in [5, 5.41) is 4.82. The van der Waals surface area contributed by atoms with Crippen LogP contribution in [0.5, 0.6) is 5.75 Å². The number of rotatable bonds is 4. The van der Waals surface area contributed by atoms with E-state index in [1.165, 1.54) is 6.08 Å². The van der Waals surface area contributed by atoms with Gasteiger partial charge in [0.1, 0.15) is 11.3 Å². The van der Waals surface area contributed by atoms with Gasteiger partial charge in [0.05, 0.1) is 6.61 Å². The predicted octanol–water partition coefficient (Wildman–Crippen LogP) is 1.64. The highest BCUT2D eigenvalue weighted by Crippen LogP contribution is 2.22. The van der Waals surface area contributed by atoms with Gasteiger partial charge < -0.3 is 4.74 Å². The van der Waals surface area contributed by atoms with Crippen LogP contribution in [-0.2, 0) is 9.59 Å². The molecule has 110 valence electrons. The molecule has 6 heteroatoms. The number of carbonyl (C=O) groups excluding carboxylic acids is 2. The van der Waals surface area contributed by atoms with Crippen molar-refractivity contribution in [3.8, 4) is 5.75 Å². The first-order valence-corrected chi connectivity index (χ1v) is 6.98. The number of thiocarbonyl (C=S) groups is 1. The maximum atomic E-state index is 11.8. The Morgan fingerprint density at radius 1 is 1.19 bits per heavy atom. The molecule has 2 rings (SSSR count). The van der Waals surface area contributed by atoms with Crippen molar-refractivity contribution in [3.05, 3.63) is 35.4 Å². The van der Waals surface area contributed by atoms with Crippen molar-refractivity contribution in [1.82, 2.24) is 10.6 Å². The van der Waals surface area contributed by atoms with E-state index in [-0.39, 0.29) is 10.7 Å². The Hall–Kier alpha value is -2.21. The minimum Gasteiger partial charge on any atom is -0.493 e. The summed E-state index contributed by atoms with van der Waals surface area (Å²) in [6, 6.07) is 7.25. The van der Waals surface area contributed by atoms with Gasteiger partial charge in [-0.05, 0) is 30.3 Å². The second-order valence-corrected chi connectivity index (χ2v) is 5.45. The molecule has 1 saturated heterocycles. The van der Waals surface area contributed by atoms with Gasteiger partial charge >= 0.3 is 0 Å². The fraction of sp³-hybridized carbons (Fsp3) is 0.267. The smallest absolute Gasteiger partial charge is 0.263 e. The Morgan fingerprint density at radius 3 is 2.43 bits per heavy atom. The van der Waals surface area contributed by atoms with Crippen LogP contribution in [0.15, 0.2) is 29.8 Å². The Morgan fingerprint density at radius 2 is 1.81 bits per heavy atom. The van der Waals surface area contributed by atoms with Gasteiger partial charge in [-0.2, -0.15) is 0 Å². The molecule has 1 fully saturated rings. The van der Waals surface area contributed by atoms with Crippen LogP contribution in [0.2, 0.25) is 0 Å². The molecule has 2 N–H and O–H groups in total. The SMILES string of the molecule is CC(C)COc1ccccc1C=C1C(=O)NC(=S)NC1=O. The van der Waals surface area contributed by atoms with Gasteiger partial charge in [-0.25, -0.2) is 0 Å². The number of para-hydroxylation sites is 1. The summed E-state index contributed by atoms with van der Waals surface area (Å²) < 4.78 is 5.70. The van der Waals surface area contributed by atoms with Crippen molar-refractivity contribution < 1.29 is 14.3 Å². The lowest BCUT2D eigenvalue weighted by Crippen LogP contribution is -2.51. The molecule has 0 atom stereocenters. The predicted molar refractivity (Wildman–Crippen MR) is 83.6 cm³/mol. The number of hydrogen-bond donors (Lipinski definition) is 2. The average molecular weight is 304 g/mol. The summed E-state index contributed by atoms with van der Waals surface area (Å²) >= 11 is 4.76. The van der Waals surface area contributed by atoms with Crippen LogP contribution in [0.25, 0.3) is 6.08 Å². The number of hydrogen-bond acceptors (Lipinski definition) is 4. The Bertz CT molecular complexity index is 601. The minimum atomic E-state index is -0.512. The van der Waals surface area contributed by atoms with Gasteiger partial charge in [-0.1, -0.05) is 32.0 Å².